The summed E-state index contributed by atoms with van der Waals surface area (Å²) in [4.78, 5) is 60.3. The molecule has 0 aliphatic heterocycles. The van der Waals surface area contributed by atoms with Crippen molar-refractivity contribution < 1.29 is 24.4 Å². The number of imidazole rings is 1. The van der Waals surface area contributed by atoms with E-state index in [4.69, 9.17) is 5.84 Å². The highest BCUT2D eigenvalue weighted by Gasteiger charge is 2.53. The van der Waals surface area contributed by atoms with Crippen LogP contribution in [0.5, 0.6) is 0 Å². The number of benzene rings is 1. The van der Waals surface area contributed by atoms with E-state index in [2.05, 4.69) is 15.4 Å². The van der Waals surface area contributed by atoms with Gasteiger partial charge in [0.15, 0.2) is 5.82 Å². The lowest BCUT2D eigenvalue weighted by Gasteiger charge is -2.43. The first-order valence-electron chi connectivity index (χ1n) is 12.6. The van der Waals surface area contributed by atoms with Crippen LogP contribution in [0.25, 0.3) is 0 Å². The lowest BCUT2D eigenvalue weighted by atomic mass is 9.58. The van der Waals surface area contributed by atoms with Gasteiger partial charge in [0.2, 0.25) is 17.6 Å². The Morgan fingerprint density at radius 3 is 2.24 bits per heavy atom. The molecule has 10 heteroatoms. The zero-order valence-electron chi connectivity index (χ0n) is 22.0. The van der Waals surface area contributed by atoms with E-state index in [-0.39, 0.29) is 36.9 Å². The molecule has 3 atom stereocenters. The molecule has 1 aromatic heterocycles. The molecular weight excluding hydrogens is 474 g/mol. The van der Waals surface area contributed by atoms with Gasteiger partial charge in [-0.25, -0.2) is 16.3 Å². The Hall–Kier alpha value is -3.37. The molecule has 0 aliphatic rings. The second-order valence-corrected chi connectivity index (χ2v) is 10.4. The Kier molecular flexibility index (Phi) is 11.1. The third-order valence-corrected chi connectivity index (χ3v) is 6.71. The Morgan fingerprint density at radius 1 is 1.05 bits per heavy atom. The number of hydrazine groups is 1. The normalized spacial score (nSPS) is 14.6. The molecule has 202 valence electrons. The largest absolute Gasteiger partial charge is 0.342 e. The maximum absolute atomic E-state index is 14.2. The van der Waals surface area contributed by atoms with Crippen LogP contribution < -0.4 is 16.7 Å². The molecule has 0 saturated carbocycles. The van der Waals surface area contributed by atoms with Crippen LogP contribution in [0.1, 0.15) is 69.6 Å². The zero-order chi connectivity index (χ0) is 27.6. The fourth-order valence-corrected chi connectivity index (χ4v) is 5.27. The smallest absolute Gasteiger partial charge is 0.248 e. The number of aromatic nitrogens is 2. The fraction of sp³-hybridized carbons (Fsp3) is 0.519. The number of H-pyrrole nitrogens is 1. The van der Waals surface area contributed by atoms with Gasteiger partial charge in [0, 0.05) is 17.8 Å². The van der Waals surface area contributed by atoms with Gasteiger partial charge in [-0.05, 0) is 43.1 Å². The molecule has 1 heterocycles. The summed E-state index contributed by atoms with van der Waals surface area (Å²) in [7, 11) is 0. The first-order valence-corrected chi connectivity index (χ1v) is 12.6. The van der Waals surface area contributed by atoms with Gasteiger partial charge in [-0.15, -0.1) is 0 Å². The van der Waals surface area contributed by atoms with Crippen LogP contribution in [0, 0.1) is 29.1 Å². The minimum absolute atomic E-state index is 0.0259. The molecular formula is C27H39N5O5. The number of nitrogens with one attached hydrogen (secondary N) is 3. The molecule has 1 unspecified atom stereocenters. The van der Waals surface area contributed by atoms with Gasteiger partial charge in [0.1, 0.15) is 5.78 Å². The summed E-state index contributed by atoms with van der Waals surface area (Å²) in [6.07, 6.45) is 3.46. The van der Waals surface area contributed by atoms with E-state index in [9.17, 15) is 24.4 Å². The molecule has 0 fully saturated rings. The lowest BCUT2D eigenvalue weighted by molar-refractivity contribution is -0.154. The minimum Gasteiger partial charge on any atom is -0.342 e. The van der Waals surface area contributed by atoms with Gasteiger partial charge in [0.05, 0.1) is 18.3 Å². The molecule has 2 rings (SSSR count). The number of amides is 2. The zero-order valence-corrected chi connectivity index (χ0v) is 22.0. The van der Waals surface area contributed by atoms with Crippen LogP contribution in [0.3, 0.4) is 0 Å². The fourth-order valence-electron chi connectivity index (χ4n) is 5.27. The van der Waals surface area contributed by atoms with Gasteiger partial charge >= 0.3 is 0 Å². The number of rotatable bonds is 15. The van der Waals surface area contributed by atoms with Crippen molar-refractivity contribution in [1.82, 2.24) is 20.9 Å². The van der Waals surface area contributed by atoms with Crippen molar-refractivity contribution in [3.05, 3.63) is 54.1 Å². The monoisotopic (exact) mass is 513 g/mol. The van der Waals surface area contributed by atoms with Crippen molar-refractivity contribution in [2.45, 2.75) is 59.8 Å². The number of aromatic amines is 1. The molecule has 0 aliphatic carbocycles. The van der Waals surface area contributed by atoms with E-state index in [1.807, 2.05) is 58.0 Å². The van der Waals surface area contributed by atoms with Crippen LogP contribution in [0.4, 0.5) is 0 Å². The van der Waals surface area contributed by atoms with Crippen molar-refractivity contribution in [2.75, 3.05) is 0 Å². The topological polar surface area (TPSA) is 167 Å². The highest BCUT2D eigenvalue weighted by Crippen LogP contribution is 2.46. The number of hydroxylamine groups is 1. The summed E-state index contributed by atoms with van der Waals surface area (Å²) in [5.41, 5.74) is 3.32. The maximum Gasteiger partial charge on any atom is 0.248 e. The van der Waals surface area contributed by atoms with Gasteiger partial charge in [-0.2, -0.15) is 0 Å². The molecule has 37 heavy (non-hydrogen) atoms. The molecule has 2 amide bonds. The Bertz CT molecular complexity index is 1040. The number of hydrogen-bond acceptors (Lipinski definition) is 7. The SMILES string of the molecule is CC(C)C[C@@H](C(=O)NN)[C@H](C(=O)NO)C(CCc1ccccc1)(CC(C)C)C(=O)CC(=O)c1ncc[nH]1. The molecule has 0 radical (unpaired) electrons. The third kappa shape index (κ3) is 7.80. The van der Waals surface area contributed by atoms with Crippen LogP contribution in [-0.2, 0) is 20.8 Å². The number of hydrogen-bond donors (Lipinski definition) is 5. The van der Waals surface area contributed by atoms with Crippen molar-refractivity contribution in [3.63, 3.8) is 0 Å². The number of Topliss-reactive ketones (excluding diaryl/α,β-unsaturated/α-hetero) is 2. The van der Waals surface area contributed by atoms with Crippen LogP contribution in [-0.4, -0.2) is 38.6 Å². The Balaban J connectivity index is 2.70. The van der Waals surface area contributed by atoms with Crippen LogP contribution in [0.15, 0.2) is 42.7 Å². The number of carbonyl (C=O) groups is 4. The average Bonchev–Trinajstić information content (AvgIpc) is 3.41. The molecule has 0 bridgehead atoms. The van der Waals surface area contributed by atoms with Crippen LogP contribution in [0.2, 0.25) is 0 Å². The number of aryl methyl sites for hydroxylation is 1. The van der Waals surface area contributed by atoms with E-state index in [1.165, 1.54) is 12.4 Å². The molecule has 10 nitrogen and oxygen atoms in total. The van der Waals surface area contributed by atoms with Crippen LogP contribution >= 0.6 is 0 Å². The summed E-state index contributed by atoms with van der Waals surface area (Å²) in [6, 6.07) is 9.46. The van der Waals surface area contributed by atoms with Crippen molar-refractivity contribution in [2.24, 2.45) is 34.9 Å². The number of ketones is 2. The summed E-state index contributed by atoms with van der Waals surface area (Å²) >= 11 is 0. The van der Waals surface area contributed by atoms with E-state index in [0.29, 0.717) is 6.42 Å². The van der Waals surface area contributed by atoms with Gasteiger partial charge in [0.25, 0.3) is 0 Å². The predicted octanol–water partition coefficient (Wildman–Crippen LogP) is 2.99. The molecule has 1 aromatic carbocycles. The van der Waals surface area contributed by atoms with Gasteiger partial charge < -0.3 is 4.98 Å². The molecule has 0 spiro atoms. The average molecular weight is 514 g/mol. The van der Waals surface area contributed by atoms with Crippen molar-refractivity contribution in [1.29, 1.82) is 0 Å². The highest BCUT2D eigenvalue weighted by atomic mass is 16.5. The van der Waals surface area contributed by atoms with Gasteiger partial charge in [-0.1, -0.05) is 58.0 Å². The standard InChI is InChI=1S/C27H39N5O5/c1-17(2)14-20(25(35)31-28)23(26(36)32-37)27(16-18(3)4,11-10-19-8-6-5-7-9-19)22(34)15-21(33)24-29-12-13-30-24/h5-9,12-13,17-18,20,23,37H,10-11,14-16,28H2,1-4H3,(H,29,30)(H,31,35)(H,32,36)/t20-,23-,27?/m1/s1. The Morgan fingerprint density at radius 2 is 1.73 bits per heavy atom. The van der Waals surface area contributed by atoms with E-state index in [1.54, 1.807) is 5.48 Å². The number of carbonyl (C=O) groups excluding carboxylic acids is 4. The van der Waals surface area contributed by atoms with Crippen molar-refractivity contribution in [3.8, 4) is 0 Å². The van der Waals surface area contributed by atoms with E-state index in [0.717, 1.165) is 5.56 Å². The minimum atomic E-state index is -1.45. The lowest BCUT2D eigenvalue weighted by Crippen LogP contribution is -2.55. The van der Waals surface area contributed by atoms with E-state index < -0.39 is 47.1 Å². The maximum atomic E-state index is 14.2. The van der Waals surface area contributed by atoms with Crippen molar-refractivity contribution >= 4 is 23.4 Å². The number of nitrogens with two attached hydrogens (primary N) is 1. The molecule has 2 aromatic rings. The molecule has 0 saturated heterocycles. The second kappa shape index (κ2) is 13.8. The third-order valence-electron chi connectivity index (χ3n) is 6.71. The molecule has 6 N–H and O–H groups in total. The highest BCUT2D eigenvalue weighted by molar-refractivity contribution is 6.09. The van der Waals surface area contributed by atoms with E-state index >= 15 is 0 Å². The summed E-state index contributed by atoms with van der Waals surface area (Å²) < 4.78 is 0. The summed E-state index contributed by atoms with van der Waals surface area (Å²) in [5, 5.41) is 9.78. The summed E-state index contributed by atoms with van der Waals surface area (Å²) in [6.45, 7) is 7.60. The Labute approximate surface area is 217 Å². The second-order valence-electron chi connectivity index (χ2n) is 10.4. The summed E-state index contributed by atoms with van der Waals surface area (Å²) in [5.74, 6) is 0.689. The predicted molar refractivity (Wildman–Crippen MR) is 138 cm³/mol. The first-order chi connectivity index (χ1) is 17.5. The quantitative estimate of drug-likeness (QED) is 0.0609. The number of nitrogens with zero attached hydrogens (tertiary/aromatic N) is 1. The first kappa shape index (κ1) is 29.9. The van der Waals surface area contributed by atoms with Gasteiger partial charge in [-0.3, -0.25) is 29.8 Å².